The Hall–Kier alpha value is -2.25. The predicted molar refractivity (Wildman–Crippen MR) is 74.5 cm³/mol. The molecule has 0 spiro atoms. The number of methoxy groups -OCH3 is 1. The van der Waals surface area contributed by atoms with Gasteiger partial charge in [0.2, 0.25) is 5.88 Å². The van der Waals surface area contributed by atoms with Crippen LogP contribution in [0.5, 0.6) is 5.88 Å². The van der Waals surface area contributed by atoms with Crippen LogP contribution in [0.15, 0.2) is 12.1 Å². The van der Waals surface area contributed by atoms with Crippen molar-refractivity contribution in [2.24, 2.45) is 17.8 Å². The molecule has 0 radical (unpaired) electrons. The van der Waals surface area contributed by atoms with Crippen LogP contribution in [0, 0.1) is 17.8 Å². The lowest BCUT2D eigenvalue weighted by molar-refractivity contribution is -0.140. The first kappa shape index (κ1) is 16.6. The number of ketones is 3. The topological polar surface area (TPSA) is 73.3 Å². The van der Waals surface area contributed by atoms with E-state index in [1.807, 2.05) is 0 Å². The number of ether oxygens (including phenoxy) is 1. The maximum absolute atomic E-state index is 12.8. The van der Waals surface area contributed by atoms with E-state index in [2.05, 4.69) is 9.72 Å². The zero-order valence-corrected chi connectivity index (χ0v) is 12.7. The van der Waals surface area contributed by atoms with Crippen LogP contribution >= 0.6 is 0 Å². The Morgan fingerprint density at radius 2 is 1.75 bits per heavy atom. The van der Waals surface area contributed by atoms with Crippen molar-refractivity contribution in [1.82, 2.24) is 4.98 Å². The van der Waals surface area contributed by atoms with Gasteiger partial charge in [0.15, 0.2) is 17.3 Å². The average molecular weight is 341 g/mol. The molecule has 3 rings (SSSR count). The summed E-state index contributed by atoms with van der Waals surface area (Å²) in [6.07, 6.45) is -3.08. The first-order valence-corrected chi connectivity index (χ1v) is 7.48. The van der Waals surface area contributed by atoms with E-state index in [4.69, 9.17) is 0 Å². The van der Waals surface area contributed by atoms with Gasteiger partial charge in [-0.3, -0.25) is 14.4 Å². The summed E-state index contributed by atoms with van der Waals surface area (Å²) in [6, 6.07) is 1.55. The number of halogens is 3. The van der Waals surface area contributed by atoms with Crippen molar-refractivity contribution in [3.63, 3.8) is 0 Å². The number of Topliss-reactive ketones (excluding diaryl/α,β-unsaturated/α-hetero) is 3. The summed E-state index contributed by atoms with van der Waals surface area (Å²) in [7, 11) is 1.00. The van der Waals surface area contributed by atoms with E-state index < -0.39 is 40.9 Å². The maximum atomic E-state index is 12.8. The molecule has 2 fully saturated rings. The molecule has 1 aromatic heterocycles. The van der Waals surface area contributed by atoms with Crippen LogP contribution in [0.2, 0.25) is 0 Å². The summed E-state index contributed by atoms with van der Waals surface area (Å²) < 4.78 is 43.1. The number of nitrogens with zero attached hydrogens (tertiary/aromatic N) is 1. The van der Waals surface area contributed by atoms with E-state index in [0.717, 1.165) is 13.2 Å². The Labute approximate surface area is 135 Å². The fraction of sp³-hybridized carbons (Fsp3) is 0.500. The normalized spacial score (nSPS) is 26.6. The van der Waals surface area contributed by atoms with Crippen LogP contribution in [0.3, 0.4) is 0 Å². The molecule has 0 aliphatic heterocycles. The number of hydrogen-bond donors (Lipinski definition) is 0. The number of carbonyl (C=O) groups is 3. The molecule has 0 amide bonds. The van der Waals surface area contributed by atoms with Crippen LogP contribution in [-0.2, 0) is 15.8 Å². The summed E-state index contributed by atoms with van der Waals surface area (Å²) in [4.78, 5) is 40.7. The van der Waals surface area contributed by atoms with Crippen molar-refractivity contribution in [2.75, 3.05) is 7.11 Å². The number of hydrogen-bond acceptors (Lipinski definition) is 5. The number of rotatable bonds is 3. The quantitative estimate of drug-likeness (QED) is 0.624. The lowest BCUT2D eigenvalue weighted by atomic mass is 9.76. The lowest BCUT2D eigenvalue weighted by Crippen LogP contribution is -2.41. The van der Waals surface area contributed by atoms with E-state index in [9.17, 15) is 27.6 Å². The third kappa shape index (κ3) is 2.59. The van der Waals surface area contributed by atoms with Crippen LogP contribution in [0.4, 0.5) is 13.2 Å². The maximum Gasteiger partial charge on any atom is 0.421 e. The molecule has 128 valence electrons. The predicted octanol–water partition coefficient (Wildman–Crippen LogP) is 2.48. The van der Waals surface area contributed by atoms with Crippen molar-refractivity contribution in [1.29, 1.82) is 0 Å². The highest BCUT2D eigenvalue weighted by molar-refractivity contribution is 6.26. The van der Waals surface area contributed by atoms with Gasteiger partial charge in [0.05, 0.1) is 7.11 Å². The molecule has 2 aliphatic carbocycles. The number of aromatic nitrogens is 1. The first-order valence-electron chi connectivity index (χ1n) is 7.48. The molecule has 0 N–H and O–H groups in total. The summed E-state index contributed by atoms with van der Waals surface area (Å²) in [6.45, 7) is 0. The molecule has 2 aliphatic rings. The van der Waals surface area contributed by atoms with Crippen LogP contribution < -0.4 is 4.74 Å². The van der Waals surface area contributed by atoms with Gasteiger partial charge in [-0.25, -0.2) is 4.98 Å². The van der Waals surface area contributed by atoms with E-state index >= 15 is 0 Å². The van der Waals surface area contributed by atoms with Gasteiger partial charge in [-0.1, -0.05) is 0 Å². The van der Waals surface area contributed by atoms with Gasteiger partial charge in [-0.2, -0.15) is 13.2 Å². The highest BCUT2D eigenvalue weighted by Gasteiger charge is 2.50. The lowest BCUT2D eigenvalue weighted by Gasteiger charge is -2.24. The Bertz CT molecular complexity index is 707. The smallest absolute Gasteiger partial charge is 0.421 e. The van der Waals surface area contributed by atoms with Crippen molar-refractivity contribution in [3.05, 3.63) is 23.4 Å². The van der Waals surface area contributed by atoms with Crippen LogP contribution in [0.1, 0.15) is 35.3 Å². The van der Waals surface area contributed by atoms with Crippen molar-refractivity contribution in [2.45, 2.75) is 25.4 Å². The molecule has 0 aromatic carbocycles. The molecule has 2 atom stereocenters. The number of alkyl halides is 3. The van der Waals surface area contributed by atoms with Gasteiger partial charge >= 0.3 is 6.18 Å². The van der Waals surface area contributed by atoms with Crippen LogP contribution in [0.25, 0.3) is 0 Å². The van der Waals surface area contributed by atoms with E-state index in [-0.39, 0.29) is 17.5 Å². The molecule has 5 nitrogen and oxygen atoms in total. The van der Waals surface area contributed by atoms with Crippen molar-refractivity contribution < 1.29 is 32.3 Å². The number of carbonyl (C=O) groups excluding carboxylic acids is 3. The minimum absolute atomic E-state index is 0.321. The van der Waals surface area contributed by atoms with Crippen LogP contribution in [-0.4, -0.2) is 29.4 Å². The van der Waals surface area contributed by atoms with E-state index in [1.165, 1.54) is 0 Å². The Morgan fingerprint density at radius 3 is 2.25 bits per heavy atom. The van der Waals surface area contributed by atoms with Gasteiger partial charge in [-0.05, 0) is 31.4 Å². The molecular weight excluding hydrogens is 327 g/mol. The van der Waals surface area contributed by atoms with Crippen molar-refractivity contribution >= 4 is 17.3 Å². The molecule has 1 aromatic rings. The van der Waals surface area contributed by atoms with E-state index in [1.54, 1.807) is 0 Å². The second kappa shape index (κ2) is 5.68. The van der Waals surface area contributed by atoms with Gasteiger partial charge in [0.25, 0.3) is 0 Å². The minimum atomic E-state index is -4.69. The highest BCUT2D eigenvalue weighted by atomic mass is 19.4. The minimum Gasteiger partial charge on any atom is -0.481 e. The third-order valence-corrected chi connectivity index (χ3v) is 4.68. The van der Waals surface area contributed by atoms with Crippen molar-refractivity contribution in [3.8, 4) is 5.88 Å². The SMILES string of the molecule is COc1nc(C(=O)C2C(=O)C3CCC(C3)C2=O)ccc1C(F)(F)F. The van der Waals surface area contributed by atoms with Gasteiger partial charge < -0.3 is 4.74 Å². The number of fused-ring (bicyclic) bond motifs is 2. The fourth-order valence-corrected chi connectivity index (χ4v) is 3.47. The Balaban J connectivity index is 1.96. The molecular formula is C16H14F3NO4. The highest BCUT2D eigenvalue weighted by Crippen LogP contribution is 2.41. The molecule has 24 heavy (non-hydrogen) atoms. The molecule has 2 saturated carbocycles. The Kier molecular flexibility index (Phi) is 3.93. The number of pyridine rings is 1. The molecule has 0 saturated heterocycles. The third-order valence-electron chi connectivity index (χ3n) is 4.68. The standard InChI is InChI=1S/C16H14F3NO4/c1-24-15-9(16(17,18)19)4-5-10(20-15)14(23)11-12(21)7-2-3-8(6-7)13(11)22/h4-5,7-8,11H,2-3,6H2,1H3. The summed E-state index contributed by atoms with van der Waals surface area (Å²) in [5, 5.41) is 0. The second-order valence-corrected chi connectivity index (χ2v) is 6.06. The fourth-order valence-electron chi connectivity index (χ4n) is 3.47. The average Bonchev–Trinajstić information content (AvgIpc) is 2.98. The zero-order valence-electron chi connectivity index (χ0n) is 12.7. The zero-order chi connectivity index (χ0) is 17.6. The van der Waals surface area contributed by atoms with E-state index in [0.29, 0.717) is 25.3 Å². The molecule has 2 bridgehead atoms. The summed E-state index contributed by atoms with van der Waals surface area (Å²) in [5.74, 6) is -4.60. The summed E-state index contributed by atoms with van der Waals surface area (Å²) in [5.41, 5.74) is -1.49. The van der Waals surface area contributed by atoms with Gasteiger partial charge in [0.1, 0.15) is 17.2 Å². The largest absolute Gasteiger partial charge is 0.481 e. The van der Waals surface area contributed by atoms with Gasteiger partial charge in [-0.15, -0.1) is 0 Å². The molecule has 2 unspecified atom stereocenters. The molecule has 8 heteroatoms. The van der Waals surface area contributed by atoms with Gasteiger partial charge in [0, 0.05) is 11.8 Å². The molecule has 1 heterocycles. The monoisotopic (exact) mass is 341 g/mol. The summed E-state index contributed by atoms with van der Waals surface area (Å²) >= 11 is 0. The first-order chi connectivity index (χ1) is 11.2. The Morgan fingerprint density at radius 1 is 1.17 bits per heavy atom. The second-order valence-electron chi connectivity index (χ2n) is 6.06.